The van der Waals surface area contributed by atoms with Crippen LogP contribution in [0.15, 0.2) is 22.5 Å². The minimum atomic E-state index is -3.13. The minimum absolute atomic E-state index is 0. The topological polar surface area (TPSA) is 65.0 Å². The first-order chi connectivity index (χ1) is 10.9. The van der Waals surface area contributed by atoms with E-state index in [1.807, 2.05) is 7.05 Å². The molecular formula is C15H27IN4O2S2. The van der Waals surface area contributed by atoms with Crippen LogP contribution >= 0.6 is 35.3 Å². The number of halogens is 1. The third-order valence-corrected chi connectivity index (χ3v) is 6.36. The first-order valence-electron chi connectivity index (χ1n) is 7.83. The summed E-state index contributed by atoms with van der Waals surface area (Å²) in [6.07, 6.45) is 4.09. The first kappa shape index (κ1) is 21.7. The lowest BCUT2D eigenvalue weighted by Crippen LogP contribution is -2.47. The predicted octanol–water partition coefficient (Wildman–Crippen LogP) is 1.84. The van der Waals surface area contributed by atoms with Gasteiger partial charge in [-0.15, -0.1) is 35.3 Å². The molecule has 1 aromatic rings. The van der Waals surface area contributed by atoms with Gasteiger partial charge in [-0.1, -0.05) is 6.07 Å². The largest absolute Gasteiger partial charge is 0.355 e. The maximum absolute atomic E-state index is 11.8. The molecule has 0 amide bonds. The van der Waals surface area contributed by atoms with Crippen LogP contribution in [0.1, 0.15) is 17.7 Å². The van der Waals surface area contributed by atoms with Crippen LogP contribution in [0.3, 0.4) is 0 Å². The van der Waals surface area contributed by atoms with Crippen molar-refractivity contribution in [3.8, 4) is 0 Å². The van der Waals surface area contributed by atoms with Gasteiger partial charge in [0, 0.05) is 44.6 Å². The van der Waals surface area contributed by atoms with Gasteiger partial charge < -0.3 is 10.2 Å². The van der Waals surface area contributed by atoms with Gasteiger partial charge in [-0.3, -0.25) is 4.99 Å². The highest BCUT2D eigenvalue weighted by atomic mass is 127. The SMILES string of the molecule is CN=C(NC[C@H]1CCCN1S(C)(=O)=O)N(C)CCc1cccs1.I. The lowest BCUT2D eigenvalue weighted by Gasteiger charge is -2.26. The van der Waals surface area contributed by atoms with Crippen molar-refractivity contribution in [1.82, 2.24) is 14.5 Å². The third kappa shape index (κ3) is 6.16. The molecule has 1 N–H and O–H groups in total. The van der Waals surface area contributed by atoms with Crippen LogP contribution < -0.4 is 5.32 Å². The van der Waals surface area contributed by atoms with E-state index >= 15 is 0 Å². The number of hydrogen-bond acceptors (Lipinski definition) is 4. The molecule has 0 spiro atoms. The summed E-state index contributed by atoms with van der Waals surface area (Å²) >= 11 is 1.76. The number of likely N-dealkylation sites (N-methyl/N-ethyl adjacent to an activating group) is 1. The third-order valence-electron chi connectivity index (χ3n) is 4.09. The second-order valence-electron chi connectivity index (χ2n) is 5.85. The normalized spacial score (nSPS) is 19.1. The van der Waals surface area contributed by atoms with Gasteiger partial charge in [0.15, 0.2) is 5.96 Å². The van der Waals surface area contributed by atoms with Crippen molar-refractivity contribution in [1.29, 1.82) is 0 Å². The number of hydrogen-bond donors (Lipinski definition) is 1. The monoisotopic (exact) mass is 486 g/mol. The second kappa shape index (κ2) is 9.93. The van der Waals surface area contributed by atoms with Crippen LogP contribution in [0.2, 0.25) is 0 Å². The van der Waals surface area contributed by atoms with Crippen molar-refractivity contribution in [2.45, 2.75) is 25.3 Å². The number of aliphatic imine (C=N–C) groups is 1. The number of nitrogens with one attached hydrogen (secondary N) is 1. The van der Waals surface area contributed by atoms with Crippen molar-refractivity contribution in [3.05, 3.63) is 22.4 Å². The Balaban J connectivity index is 0.00000288. The Bertz CT molecular complexity index is 619. The van der Waals surface area contributed by atoms with Crippen molar-refractivity contribution >= 4 is 51.3 Å². The Kier molecular flexibility index (Phi) is 8.96. The van der Waals surface area contributed by atoms with Gasteiger partial charge in [-0.05, 0) is 30.7 Å². The molecule has 1 saturated heterocycles. The van der Waals surface area contributed by atoms with Crippen LogP contribution in [0.25, 0.3) is 0 Å². The summed E-state index contributed by atoms with van der Waals surface area (Å²) in [4.78, 5) is 7.74. The van der Waals surface area contributed by atoms with Crippen molar-refractivity contribution in [2.24, 2.45) is 4.99 Å². The summed E-state index contributed by atoms with van der Waals surface area (Å²) in [5, 5.41) is 5.40. The Morgan fingerprint density at radius 2 is 2.29 bits per heavy atom. The lowest BCUT2D eigenvalue weighted by molar-refractivity contribution is 0.381. The Morgan fingerprint density at radius 3 is 2.88 bits per heavy atom. The fourth-order valence-corrected chi connectivity index (χ4v) is 4.76. The number of sulfonamides is 1. The molecule has 1 aliphatic heterocycles. The van der Waals surface area contributed by atoms with E-state index in [-0.39, 0.29) is 30.0 Å². The molecule has 2 heterocycles. The molecule has 1 aromatic heterocycles. The van der Waals surface area contributed by atoms with Gasteiger partial charge >= 0.3 is 0 Å². The summed E-state index contributed by atoms with van der Waals surface area (Å²) in [7, 11) is 0.638. The number of guanidine groups is 1. The Labute approximate surface area is 166 Å². The van der Waals surface area contributed by atoms with Crippen LogP contribution in [-0.2, 0) is 16.4 Å². The van der Waals surface area contributed by atoms with Gasteiger partial charge in [0.25, 0.3) is 0 Å². The van der Waals surface area contributed by atoms with Crippen molar-refractivity contribution < 1.29 is 8.42 Å². The fourth-order valence-electron chi connectivity index (χ4n) is 2.88. The quantitative estimate of drug-likeness (QED) is 0.379. The number of rotatable bonds is 6. The summed E-state index contributed by atoms with van der Waals surface area (Å²) in [6.45, 7) is 2.10. The molecule has 9 heteroatoms. The van der Waals surface area contributed by atoms with Crippen molar-refractivity contribution in [2.75, 3.05) is 40.0 Å². The standard InChI is InChI=1S/C15H26N4O2S2.HI/c1-16-15(18(2)10-8-14-7-5-11-22-14)17-12-13-6-4-9-19(13)23(3,20)21;/h5,7,11,13H,4,6,8-10,12H2,1-3H3,(H,16,17);1H/t13-;/m1./s1. The molecule has 1 aliphatic rings. The van der Waals surface area contributed by atoms with E-state index in [9.17, 15) is 8.42 Å². The average Bonchev–Trinajstić information content (AvgIpc) is 3.16. The molecule has 1 atom stereocenters. The smallest absolute Gasteiger partial charge is 0.211 e. The lowest BCUT2D eigenvalue weighted by atomic mass is 10.2. The van der Waals surface area contributed by atoms with Gasteiger partial charge in [0.1, 0.15) is 0 Å². The zero-order chi connectivity index (χ0) is 16.9. The molecule has 24 heavy (non-hydrogen) atoms. The predicted molar refractivity (Wildman–Crippen MR) is 112 cm³/mol. The average molecular weight is 486 g/mol. The van der Waals surface area contributed by atoms with E-state index in [1.54, 1.807) is 22.7 Å². The molecular weight excluding hydrogens is 459 g/mol. The van der Waals surface area contributed by atoms with Gasteiger partial charge in [-0.25, -0.2) is 8.42 Å². The highest BCUT2D eigenvalue weighted by Crippen LogP contribution is 2.19. The molecule has 2 rings (SSSR count). The zero-order valence-electron chi connectivity index (χ0n) is 14.4. The van der Waals surface area contributed by atoms with Crippen LogP contribution in [0.4, 0.5) is 0 Å². The Morgan fingerprint density at radius 1 is 1.54 bits per heavy atom. The summed E-state index contributed by atoms with van der Waals surface area (Å²) < 4.78 is 25.2. The fraction of sp³-hybridized carbons (Fsp3) is 0.667. The molecule has 6 nitrogen and oxygen atoms in total. The van der Waals surface area contributed by atoms with Crippen LogP contribution in [0.5, 0.6) is 0 Å². The highest BCUT2D eigenvalue weighted by molar-refractivity contribution is 14.0. The summed E-state index contributed by atoms with van der Waals surface area (Å²) in [5.41, 5.74) is 0. The molecule has 0 unspecified atom stereocenters. The van der Waals surface area contributed by atoms with Gasteiger partial charge in [0.2, 0.25) is 10.0 Å². The van der Waals surface area contributed by atoms with Gasteiger partial charge in [-0.2, -0.15) is 4.31 Å². The zero-order valence-corrected chi connectivity index (χ0v) is 18.4. The second-order valence-corrected chi connectivity index (χ2v) is 8.82. The van der Waals surface area contributed by atoms with E-state index in [0.717, 1.165) is 31.8 Å². The van der Waals surface area contributed by atoms with Crippen LogP contribution in [0, 0.1) is 0 Å². The van der Waals surface area contributed by atoms with Gasteiger partial charge in [0.05, 0.1) is 6.26 Å². The van der Waals surface area contributed by atoms with Crippen molar-refractivity contribution in [3.63, 3.8) is 0 Å². The molecule has 138 valence electrons. The highest BCUT2D eigenvalue weighted by Gasteiger charge is 2.31. The van der Waals surface area contributed by atoms with E-state index in [4.69, 9.17) is 0 Å². The minimum Gasteiger partial charge on any atom is -0.355 e. The summed E-state index contributed by atoms with van der Waals surface area (Å²) in [6, 6.07) is 4.22. The molecule has 1 fully saturated rings. The first-order valence-corrected chi connectivity index (χ1v) is 10.6. The Hall–Kier alpha value is -0.390. The van der Waals surface area contributed by atoms with E-state index in [2.05, 4.69) is 32.7 Å². The number of nitrogens with zero attached hydrogens (tertiary/aromatic N) is 3. The van der Waals surface area contributed by atoms with E-state index in [0.29, 0.717) is 13.1 Å². The molecule has 0 saturated carbocycles. The molecule has 0 bridgehead atoms. The molecule has 0 aliphatic carbocycles. The number of thiophene rings is 1. The van der Waals surface area contributed by atoms with Crippen LogP contribution in [-0.4, -0.2) is 69.6 Å². The maximum atomic E-state index is 11.8. The molecule has 0 aromatic carbocycles. The van der Waals surface area contributed by atoms with E-state index in [1.165, 1.54) is 11.1 Å². The summed E-state index contributed by atoms with van der Waals surface area (Å²) in [5.74, 6) is 0.807. The molecule has 0 radical (unpaired) electrons. The van der Waals surface area contributed by atoms with E-state index < -0.39 is 10.0 Å². The maximum Gasteiger partial charge on any atom is 0.211 e.